The van der Waals surface area contributed by atoms with Gasteiger partial charge in [-0.1, -0.05) is 0 Å². The zero-order chi connectivity index (χ0) is 22.3. The van der Waals surface area contributed by atoms with E-state index < -0.39 is 0 Å². The maximum Gasteiger partial charge on any atom is 0.234 e. The van der Waals surface area contributed by atoms with Crippen LogP contribution in [0.5, 0.6) is 34.5 Å². The number of thioether (sulfide) groups is 1. The van der Waals surface area contributed by atoms with E-state index in [1.54, 1.807) is 44.6 Å². The lowest BCUT2D eigenvalue weighted by Crippen LogP contribution is -2.15. The summed E-state index contributed by atoms with van der Waals surface area (Å²) in [5.41, 5.74) is 0.613. The molecule has 0 bridgehead atoms. The van der Waals surface area contributed by atoms with Crippen molar-refractivity contribution < 1.29 is 28.5 Å². The SMILES string of the molecule is COc1ccc(Oc2cc(NC(=O)CSc3ccc4c(c3)OCCO4)ccc2OC)cc1. The molecule has 3 aromatic carbocycles. The first-order valence-corrected chi connectivity index (χ1v) is 11.0. The lowest BCUT2D eigenvalue weighted by Gasteiger charge is -2.18. The molecule has 166 valence electrons. The highest BCUT2D eigenvalue weighted by Crippen LogP contribution is 2.36. The number of fused-ring (bicyclic) bond motifs is 1. The molecule has 0 fully saturated rings. The van der Waals surface area contributed by atoms with Crippen molar-refractivity contribution in [1.82, 2.24) is 0 Å². The Kier molecular flexibility index (Phi) is 6.91. The van der Waals surface area contributed by atoms with Gasteiger partial charge in [0.2, 0.25) is 5.91 Å². The lowest BCUT2D eigenvalue weighted by molar-refractivity contribution is -0.113. The average molecular weight is 454 g/mol. The van der Waals surface area contributed by atoms with Crippen molar-refractivity contribution in [2.24, 2.45) is 0 Å². The van der Waals surface area contributed by atoms with Gasteiger partial charge < -0.3 is 29.0 Å². The average Bonchev–Trinajstić information content (AvgIpc) is 2.83. The number of carbonyl (C=O) groups excluding carboxylic acids is 1. The quantitative estimate of drug-likeness (QED) is 0.481. The number of amides is 1. The topological polar surface area (TPSA) is 75.3 Å². The first kappa shape index (κ1) is 21.7. The zero-order valence-electron chi connectivity index (χ0n) is 17.8. The Morgan fingerprint density at radius 1 is 0.875 bits per heavy atom. The molecular formula is C24H23NO6S. The Labute approximate surface area is 190 Å². The molecule has 1 aliphatic rings. The van der Waals surface area contributed by atoms with Crippen LogP contribution in [-0.2, 0) is 4.79 Å². The van der Waals surface area contributed by atoms with Crippen LogP contribution >= 0.6 is 11.8 Å². The third-order valence-electron chi connectivity index (χ3n) is 4.62. The first-order valence-electron chi connectivity index (χ1n) is 9.97. The van der Waals surface area contributed by atoms with Gasteiger partial charge in [0.1, 0.15) is 24.7 Å². The van der Waals surface area contributed by atoms with Crippen molar-refractivity contribution in [3.05, 3.63) is 60.7 Å². The summed E-state index contributed by atoms with van der Waals surface area (Å²) in [4.78, 5) is 13.4. The van der Waals surface area contributed by atoms with Crippen molar-refractivity contribution >= 4 is 23.4 Å². The van der Waals surface area contributed by atoms with Crippen LogP contribution in [0.15, 0.2) is 65.6 Å². The Morgan fingerprint density at radius 3 is 2.38 bits per heavy atom. The molecule has 0 saturated heterocycles. The van der Waals surface area contributed by atoms with Crippen LogP contribution in [-0.4, -0.2) is 39.1 Å². The van der Waals surface area contributed by atoms with Crippen molar-refractivity contribution in [2.45, 2.75) is 4.90 Å². The fourth-order valence-electron chi connectivity index (χ4n) is 3.06. The van der Waals surface area contributed by atoms with E-state index in [0.29, 0.717) is 41.9 Å². The molecule has 1 heterocycles. The monoisotopic (exact) mass is 453 g/mol. The summed E-state index contributed by atoms with van der Waals surface area (Å²) >= 11 is 1.42. The molecule has 0 unspecified atom stereocenters. The van der Waals surface area contributed by atoms with Gasteiger partial charge in [-0.2, -0.15) is 0 Å². The van der Waals surface area contributed by atoms with Gasteiger partial charge in [0.25, 0.3) is 0 Å². The normalized spacial score (nSPS) is 12.1. The number of methoxy groups -OCH3 is 2. The van der Waals surface area contributed by atoms with Crippen molar-refractivity contribution in [3.8, 4) is 34.5 Å². The molecule has 7 nitrogen and oxygen atoms in total. The van der Waals surface area contributed by atoms with Gasteiger partial charge in [-0.15, -0.1) is 11.8 Å². The summed E-state index contributed by atoms with van der Waals surface area (Å²) in [5, 5.41) is 2.90. The minimum absolute atomic E-state index is 0.134. The second-order valence-corrected chi connectivity index (χ2v) is 7.83. The molecule has 1 amide bonds. The summed E-state index contributed by atoms with van der Waals surface area (Å²) in [6.07, 6.45) is 0. The highest BCUT2D eigenvalue weighted by molar-refractivity contribution is 8.00. The highest BCUT2D eigenvalue weighted by Gasteiger charge is 2.13. The smallest absolute Gasteiger partial charge is 0.234 e. The molecule has 0 radical (unpaired) electrons. The van der Waals surface area contributed by atoms with E-state index in [4.69, 9.17) is 23.7 Å². The maximum absolute atomic E-state index is 12.5. The zero-order valence-corrected chi connectivity index (χ0v) is 18.6. The van der Waals surface area contributed by atoms with Crippen LogP contribution in [0.1, 0.15) is 0 Å². The van der Waals surface area contributed by atoms with Gasteiger partial charge in [-0.25, -0.2) is 0 Å². The van der Waals surface area contributed by atoms with Crippen LogP contribution in [0, 0.1) is 0 Å². The highest BCUT2D eigenvalue weighted by atomic mass is 32.2. The van der Waals surface area contributed by atoms with Gasteiger partial charge in [0, 0.05) is 16.6 Å². The number of carbonyl (C=O) groups is 1. The number of anilines is 1. The Balaban J connectivity index is 1.38. The number of hydrogen-bond acceptors (Lipinski definition) is 7. The van der Waals surface area contributed by atoms with Gasteiger partial charge in [-0.05, 0) is 54.6 Å². The molecule has 0 atom stereocenters. The Hall–Kier alpha value is -3.52. The molecule has 0 spiro atoms. The summed E-state index contributed by atoms with van der Waals surface area (Å²) in [7, 11) is 3.18. The van der Waals surface area contributed by atoms with Gasteiger partial charge in [0.05, 0.1) is 20.0 Å². The third-order valence-corrected chi connectivity index (χ3v) is 5.61. The second-order valence-electron chi connectivity index (χ2n) is 6.79. The maximum atomic E-state index is 12.5. The molecule has 0 aromatic heterocycles. The van der Waals surface area contributed by atoms with Crippen LogP contribution in [0.4, 0.5) is 5.69 Å². The molecular weight excluding hydrogens is 430 g/mol. The van der Waals surface area contributed by atoms with Crippen LogP contribution in [0.25, 0.3) is 0 Å². The van der Waals surface area contributed by atoms with Crippen molar-refractivity contribution in [1.29, 1.82) is 0 Å². The van der Waals surface area contributed by atoms with Crippen LogP contribution in [0.3, 0.4) is 0 Å². The second kappa shape index (κ2) is 10.2. The van der Waals surface area contributed by atoms with Gasteiger partial charge in [0.15, 0.2) is 23.0 Å². The van der Waals surface area contributed by atoms with Crippen molar-refractivity contribution in [2.75, 3.05) is 38.5 Å². The van der Waals surface area contributed by atoms with Gasteiger partial charge >= 0.3 is 0 Å². The van der Waals surface area contributed by atoms with E-state index in [9.17, 15) is 4.79 Å². The Bertz CT molecular complexity index is 1090. The van der Waals surface area contributed by atoms with E-state index >= 15 is 0 Å². The van der Waals surface area contributed by atoms with Crippen LogP contribution < -0.4 is 29.0 Å². The molecule has 0 saturated carbocycles. The summed E-state index contributed by atoms with van der Waals surface area (Å²) in [6, 6.07) is 18.1. The molecule has 4 rings (SSSR count). The number of hydrogen-bond donors (Lipinski definition) is 1. The third kappa shape index (κ3) is 5.39. The van der Waals surface area contributed by atoms with E-state index in [1.807, 2.05) is 30.3 Å². The van der Waals surface area contributed by atoms with Crippen LogP contribution in [0.2, 0.25) is 0 Å². The lowest BCUT2D eigenvalue weighted by atomic mass is 10.2. The minimum atomic E-state index is -0.134. The Morgan fingerprint density at radius 2 is 1.62 bits per heavy atom. The molecule has 8 heteroatoms. The summed E-state index contributed by atoms with van der Waals surface area (Å²) < 4.78 is 27.6. The minimum Gasteiger partial charge on any atom is -0.497 e. The predicted molar refractivity (Wildman–Crippen MR) is 123 cm³/mol. The molecule has 3 aromatic rings. The first-order chi connectivity index (χ1) is 15.6. The molecule has 32 heavy (non-hydrogen) atoms. The standard InChI is InChI=1S/C24H23NO6S/c1-27-17-4-6-18(7-5-17)31-23-13-16(3-9-20(23)28-2)25-24(26)15-32-19-8-10-21-22(14-19)30-12-11-29-21/h3-10,13-14H,11-12,15H2,1-2H3,(H,25,26). The molecule has 1 aliphatic heterocycles. The molecule has 0 aliphatic carbocycles. The summed E-state index contributed by atoms with van der Waals surface area (Å²) in [6.45, 7) is 1.08. The van der Waals surface area contributed by atoms with Crippen molar-refractivity contribution in [3.63, 3.8) is 0 Å². The predicted octanol–water partition coefficient (Wildman–Crippen LogP) is 5.00. The largest absolute Gasteiger partial charge is 0.497 e. The fraction of sp³-hybridized carbons (Fsp3) is 0.208. The summed E-state index contributed by atoms with van der Waals surface area (Å²) in [5.74, 6) is 3.97. The van der Waals surface area contributed by atoms with E-state index in [1.165, 1.54) is 11.8 Å². The molecule has 1 N–H and O–H groups in total. The number of benzene rings is 3. The number of nitrogens with one attached hydrogen (secondary N) is 1. The van der Waals surface area contributed by atoms with E-state index in [0.717, 1.165) is 16.4 Å². The number of rotatable bonds is 8. The van der Waals surface area contributed by atoms with E-state index in [2.05, 4.69) is 5.32 Å². The van der Waals surface area contributed by atoms with Gasteiger partial charge in [-0.3, -0.25) is 4.79 Å². The van der Waals surface area contributed by atoms with E-state index in [-0.39, 0.29) is 11.7 Å². The fourth-order valence-corrected chi connectivity index (χ4v) is 3.79. The number of ether oxygens (including phenoxy) is 5.